The van der Waals surface area contributed by atoms with Crippen molar-refractivity contribution >= 4 is 0 Å². The molecule has 1 aliphatic heterocycles. The molecule has 0 aromatic rings. The summed E-state index contributed by atoms with van der Waals surface area (Å²) in [7, 11) is 0. The van der Waals surface area contributed by atoms with E-state index in [-0.39, 0.29) is 6.42 Å². The number of hydrogen-bond donors (Lipinski definition) is 1. The lowest BCUT2D eigenvalue weighted by Crippen LogP contribution is -2.60. The average molecular weight is 308 g/mol. The Morgan fingerprint density at radius 2 is 1.86 bits per heavy atom. The molecule has 1 N–H and O–H groups in total. The van der Waals surface area contributed by atoms with Gasteiger partial charge in [-0.15, -0.1) is 0 Å². The lowest BCUT2D eigenvalue weighted by Gasteiger charge is -2.44. The lowest BCUT2D eigenvalue weighted by atomic mass is 9.92. The van der Waals surface area contributed by atoms with Crippen LogP contribution in [0, 0.1) is 11.8 Å². The van der Waals surface area contributed by atoms with Crippen LogP contribution in [-0.2, 0) is 0 Å². The molecule has 3 atom stereocenters. The highest BCUT2D eigenvalue weighted by molar-refractivity contribution is 4.89. The van der Waals surface area contributed by atoms with E-state index in [0.717, 1.165) is 26.1 Å². The first-order valence-electron chi connectivity index (χ1n) is 8.28. The van der Waals surface area contributed by atoms with Crippen molar-refractivity contribution in [2.45, 2.75) is 71.6 Å². The molecule has 0 bridgehead atoms. The minimum atomic E-state index is -4.01. The summed E-state index contributed by atoms with van der Waals surface area (Å²) in [4.78, 5) is 2.41. The summed E-state index contributed by atoms with van der Waals surface area (Å²) in [6.45, 7) is 11.5. The molecule has 0 amide bonds. The third-order valence-electron chi connectivity index (χ3n) is 4.75. The first-order valence-corrected chi connectivity index (χ1v) is 8.28. The SMILES string of the molecule is CCC(C)C1CN(CCCCC(F)(F)F)C(C(C)C)CN1. The zero-order valence-corrected chi connectivity index (χ0v) is 13.8. The highest BCUT2D eigenvalue weighted by atomic mass is 19.4. The van der Waals surface area contributed by atoms with Gasteiger partial charge in [0.05, 0.1) is 0 Å². The van der Waals surface area contributed by atoms with Gasteiger partial charge in [0.15, 0.2) is 0 Å². The molecule has 1 heterocycles. The number of alkyl halides is 3. The third-order valence-corrected chi connectivity index (χ3v) is 4.75. The first kappa shape index (κ1) is 18.8. The highest BCUT2D eigenvalue weighted by Gasteiger charge is 2.32. The van der Waals surface area contributed by atoms with Crippen molar-refractivity contribution < 1.29 is 13.2 Å². The van der Waals surface area contributed by atoms with Gasteiger partial charge in [0.25, 0.3) is 0 Å². The third kappa shape index (κ3) is 6.55. The molecular weight excluding hydrogens is 277 g/mol. The molecule has 3 unspecified atom stereocenters. The van der Waals surface area contributed by atoms with Crippen LogP contribution in [0.25, 0.3) is 0 Å². The first-order chi connectivity index (χ1) is 9.74. The molecule has 0 aromatic heterocycles. The van der Waals surface area contributed by atoms with E-state index in [2.05, 4.69) is 37.9 Å². The Hall–Kier alpha value is -0.290. The Labute approximate surface area is 127 Å². The summed E-state index contributed by atoms with van der Waals surface area (Å²) in [5, 5.41) is 3.62. The van der Waals surface area contributed by atoms with Crippen molar-refractivity contribution in [2.24, 2.45) is 11.8 Å². The molecular formula is C16H31F3N2. The number of nitrogens with one attached hydrogen (secondary N) is 1. The minimum absolute atomic E-state index is 0.242. The second-order valence-corrected chi connectivity index (χ2v) is 6.78. The largest absolute Gasteiger partial charge is 0.389 e. The fraction of sp³-hybridized carbons (Fsp3) is 1.00. The molecule has 0 spiro atoms. The standard InChI is InChI=1S/C16H31F3N2/c1-5-13(4)14-11-21(15(10-20-14)12(2)3)9-7-6-8-16(17,18)19/h12-15,20H,5-11H2,1-4H3. The monoisotopic (exact) mass is 308 g/mol. The van der Waals surface area contributed by atoms with Crippen molar-refractivity contribution in [1.82, 2.24) is 10.2 Å². The van der Waals surface area contributed by atoms with E-state index >= 15 is 0 Å². The maximum absolute atomic E-state index is 12.2. The van der Waals surface area contributed by atoms with E-state index in [0.29, 0.717) is 30.3 Å². The summed E-state index contributed by atoms with van der Waals surface area (Å²) in [5.74, 6) is 1.13. The van der Waals surface area contributed by atoms with Gasteiger partial charge < -0.3 is 5.32 Å². The Bertz CT molecular complexity index is 292. The Morgan fingerprint density at radius 3 is 2.38 bits per heavy atom. The van der Waals surface area contributed by atoms with Crippen LogP contribution >= 0.6 is 0 Å². The van der Waals surface area contributed by atoms with Gasteiger partial charge >= 0.3 is 6.18 Å². The fourth-order valence-electron chi connectivity index (χ4n) is 3.07. The van der Waals surface area contributed by atoms with Gasteiger partial charge in [-0.2, -0.15) is 13.2 Å². The van der Waals surface area contributed by atoms with Crippen LogP contribution in [-0.4, -0.2) is 42.8 Å². The molecule has 0 aromatic carbocycles. The van der Waals surface area contributed by atoms with Crippen molar-refractivity contribution in [3.8, 4) is 0 Å². The summed E-state index contributed by atoms with van der Waals surface area (Å²) < 4.78 is 36.6. The highest BCUT2D eigenvalue weighted by Crippen LogP contribution is 2.24. The zero-order valence-electron chi connectivity index (χ0n) is 13.8. The lowest BCUT2D eigenvalue weighted by molar-refractivity contribution is -0.135. The summed E-state index contributed by atoms with van der Waals surface area (Å²) in [5.41, 5.74) is 0. The van der Waals surface area contributed by atoms with Crippen molar-refractivity contribution in [2.75, 3.05) is 19.6 Å². The number of rotatable bonds is 7. The normalized spacial score (nSPS) is 26.3. The maximum Gasteiger partial charge on any atom is 0.389 e. The Kier molecular flexibility index (Phi) is 7.48. The topological polar surface area (TPSA) is 15.3 Å². The number of unbranched alkanes of at least 4 members (excludes halogenated alkanes) is 1. The molecule has 1 fully saturated rings. The molecule has 1 saturated heterocycles. The molecule has 0 aliphatic carbocycles. The van der Waals surface area contributed by atoms with Gasteiger partial charge in [0.2, 0.25) is 0 Å². The van der Waals surface area contributed by atoms with Gasteiger partial charge in [-0.1, -0.05) is 34.1 Å². The van der Waals surface area contributed by atoms with Crippen LogP contribution in [0.1, 0.15) is 53.4 Å². The molecule has 21 heavy (non-hydrogen) atoms. The second-order valence-electron chi connectivity index (χ2n) is 6.78. The van der Waals surface area contributed by atoms with Crippen molar-refractivity contribution in [3.05, 3.63) is 0 Å². The van der Waals surface area contributed by atoms with E-state index in [4.69, 9.17) is 0 Å². The van der Waals surface area contributed by atoms with Crippen LogP contribution in [0.15, 0.2) is 0 Å². The van der Waals surface area contributed by atoms with Crippen LogP contribution in [0.5, 0.6) is 0 Å². The minimum Gasteiger partial charge on any atom is -0.311 e. The van der Waals surface area contributed by atoms with Crippen LogP contribution < -0.4 is 5.32 Å². The van der Waals surface area contributed by atoms with Crippen LogP contribution in [0.2, 0.25) is 0 Å². The number of piperazine rings is 1. The molecule has 1 rings (SSSR count). The number of halogens is 3. The van der Waals surface area contributed by atoms with Crippen molar-refractivity contribution in [1.29, 1.82) is 0 Å². The molecule has 0 saturated carbocycles. The predicted molar refractivity (Wildman–Crippen MR) is 81.4 cm³/mol. The van der Waals surface area contributed by atoms with Gasteiger partial charge in [-0.05, 0) is 31.2 Å². The molecule has 1 aliphatic rings. The summed E-state index contributed by atoms with van der Waals surface area (Å²) >= 11 is 0. The molecule has 2 nitrogen and oxygen atoms in total. The second kappa shape index (κ2) is 8.37. The zero-order chi connectivity index (χ0) is 16.0. The van der Waals surface area contributed by atoms with Gasteiger partial charge in [0, 0.05) is 31.6 Å². The Morgan fingerprint density at radius 1 is 1.19 bits per heavy atom. The van der Waals surface area contributed by atoms with Crippen molar-refractivity contribution in [3.63, 3.8) is 0 Å². The predicted octanol–water partition coefficient (Wildman–Crippen LogP) is 4.06. The number of nitrogens with zero attached hydrogens (tertiary/aromatic N) is 1. The Balaban J connectivity index is 2.47. The maximum atomic E-state index is 12.2. The summed E-state index contributed by atoms with van der Waals surface area (Å²) in [6, 6.07) is 0.906. The van der Waals surface area contributed by atoms with Gasteiger partial charge in [0.1, 0.15) is 0 Å². The van der Waals surface area contributed by atoms with E-state index in [9.17, 15) is 13.2 Å². The van der Waals surface area contributed by atoms with Gasteiger partial charge in [-0.3, -0.25) is 4.90 Å². The fourth-order valence-corrected chi connectivity index (χ4v) is 3.07. The van der Waals surface area contributed by atoms with Gasteiger partial charge in [-0.25, -0.2) is 0 Å². The van der Waals surface area contributed by atoms with Crippen LogP contribution in [0.3, 0.4) is 0 Å². The molecule has 5 heteroatoms. The molecule has 0 radical (unpaired) electrons. The van der Waals surface area contributed by atoms with E-state index in [1.165, 1.54) is 0 Å². The smallest absolute Gasteiger partial charge is 0.311 e. The van der Waals surface area contributed by atoms with E-state index < -0.39 is 12.6 Å². The number of hydrogen-bond acceptors (Lipinski definition) is 2. The van der Waals surface area contributed by atoms with Crippen LogP contribution in [0.4, 0.5) is 13.2 Å². The quantitative estimate of drug-likeness (QED) is 0.713. The average Bonchev–Trinajstić information content (AvgIpc) is 2.41. The van der Waals surface area contributed by atoms with E-state index in [1.54, 1.807) is 0 Å². The molecule has 126 valence electrons. The van der Waals surface area contributed by atoms with E-state index in [1.807, 2.05) is 0 Å². The summed E-state index contributed by atoms with van der Waals surface area (Å²) in [6.07, 6.45) is -2.66.